The van der Waals surface area contributed by atoms with Crippen molar-refractivity contribution >= 4 is 50.2 Å². The molecule has 240 valence electrons. The van der Waals surface area contributed by atoms with Gasteiger partial charge >= 0.3 is 12.1 Å². The highest BCUT2D eigenvalue weighted by atomic mass is 32.2. The van der Waals surface area contributed by atoms with E-state index in [9.17, 15) is 27.6 Å². The van der Waals surface area contributed by atoms with Crippen molar-refractivity contribution in [3.63, 3.8) is 0 Å². The minimum absolute atomic E-state index is 0.0154. The van der Waals surface area contributed by atoms with Crippen LogP contribution < -0.4 is 5.32 Å². The number of anilines is 1. The summed E-state index contributed by atoms with van der Waals surface area (Å²) in [7, 11) is -3.89. The Hall–Kier alpha value is -3.49. The minimum atomic E-state index is -3.89. The molecular formula is C30H40N4O8S2. The molecule has 1 fully saturated rings. The molecule has 0 bridgehead atoms. The highest BCUT2D eigenvalue weighted by Gasteiger charge is 2.35. The number of hydrogen-bond acceptors (Lipinski definition) is 9. The smallest absolute Gasteiger partial charge is 0.410 e. The summed E-state index contributed by atoms with van der Waals surface area (Å²) in [6, 6.07) is 5.60. The number of carbonyl (C=O) groups excluding carboxylic acids is 4. The van der Waals surface area contributed by atoms with E-state index >= 15 is 0 Å². The molecule has 1 aromatic carbocycles. The van der Waals surface area contributed by atoms with Crippen LogP contribution in [-0.2, 0) is 37.3 Å². The van der Waals surface area contributed by atoms with Gasteiger partial charge in [-0.05, 0) is 76.8 Å². The van der Waals surface area contributed by atoms with E-state index in [-0.39, 0.29) is 42.7 Å². The topological polar surface area (TPSA) is 143 Å². The monoisotopic (exact) mass is 648 g/mol. The zero-order valence-corrected chi connectivity index (χ0v) is 27.2. The van der Waals surface area contributed by atoms with Gasteiger partial charge in [-0.25, -0.2) is 13.2 Å². The van der Waals surface area contributed by atoms with E-state index in [4.69, 9.17) is 9.47 Å². The number of sulfonamides is 1. The Kier molecular flexibility index (Phi) is 11.0. The Morgan fingerprint density at radius 3 is 2.32 bits per heavy atom. The SMILES string of the molecule is CCOC(=O)C1CCCN(S(=O)(=O)c2ccc(C(=O)Nc3sc4c(c3C(=O)N(CC)CC)CCN(C(=O)OCC)C4)cc2)C1. The maximum atomic E-state index is 13.6. The van der Waals surface area contributed by atoms with Gasteiger partial charge in [0.05, 0.1) is 36.1 Å². The summed E-state index contributed by atoms with van der Waals surface area (Å²) in [6.45, 7) is 9.70. The number of nitrogens with one attached hydrogen (secondary N) is 1. The van der Waals surface area contributed by atoms with Crippen LogP contribution in [-0.4, -0.2) is 92.3 Å². The van der Waals surface area contributed by atoms with Gasteiger partial charge in [0.25, 0.3) is 11.8 Å². The maximum absolute atomic E-state index is 13.6. The lowest BCUT2D eigenvalue weighted by Gasteiger charge is -2.30. The molecule has 0 saturated carbocycles. The quantitative estimate of drug-likeness (QED) is 0.382. The van der Waals surface area contributed by atoms with Crippen LogP contribution in [0.25, 0.3) is 0 Å². The fourth-order valence-electron chi connectivity index (χ4n) is 5.47. The number of ether oxygens (including phenoxy) is 2. The average molecular weight is 649 g/mol. The lowest BCUT2D eigenvalue weighted by molar-refractivity contribution is -0.149. The van der Waals surface area contributed by atoms with E-state index in [1.165, 1.54) is 39.9 Å². The standard InChI is InChI=1S/C30H40N4O8S2/c1-5-32(6-2)28(36)25-23-15-17-33(30(38)42-8-4)19-24(23)43-27(25)31-26(35)20-11-13-22(14-12-20)44(39,40)34-16-9-10-21(18-34)29(37)41-7-3/h11-14,21H,5-10,15-19H2,1-4H3,(H,31,35). The maximum Gasteiger partial charge on any atom is 0.410 e. The normalized spacial score (nSPS) is 17.0. The van der Waals surface area contributed by atoms with Gasteiger partial charge in [-0.3, -0.25) is 14.4 Å². The molecule has 3 amide bonds. The first-order valence-electron chi connectivity index (χ1n) is 15.0. The number of nitrogens with zero attached hydrogens (tertiary/aromatic N) is 3. The van der Waals surface area contributed by atoms with Crippen molar-refractivity contribution in [2.24, 2.45) is 5.92 Å². The zero-order chi connectivity index (χ0) is 32.0. The number of thiophene rings is 1. The van der Waals surface area contributed by atoms with E-state index in [0.29, 0.717) is 56.0 Å². The first-order chi connectivity index (χ1) is 21.0. The van der Waals surface area contributed by atoms with Gasteiger partial charge in [-0.15, -0.1) is 11.3 Å². The highest BCUT2D eigenvalue weighted by Crippen LogP contribution is 2.38. The molecule has 1 atom stereocenters. The van der Waals surface area contributed by atoms with Crippen molar-refractivity contribution in [3.8, 4) is 0 Å². The largest absolute Gasteiger partial charge is 0.466 e. The number of benzene rings is 1. The number of hydrogen-bond donors (Lipinski definition) is 1. The number of piperidine rings is 1. The van der Waals surface area contributed by atoms with E-state index in [1.807, 2.05) is 13.8 Å². The van der Waals surface area contributed by atoms with Crippen LogP contribution >= 0.6 is 11.3 Å². The summed E-state index contributed by atoms with van der Waals surface area (Å²) in [4.78, 5) is 55.6. The third-order valence-corrected chi connectivity index (χ3v) is 10.8. The molecule has 0 spiro atoms. The molecule has 2 aliphatic rings. The second-order valence-electron chi connectivity index (χ2n) is 10.5. The molecule has 12 nitrogen and oxygen atoms in total. The molecule has 0 radical (unpaired) electrons. The Bertz CT molecular complexity index is 1480. The predicted octanol–water partition coefficient (Wildman–Crippen LogP) is 3.96. The molecule has 1 N–H and O–H groups in total. The predicted molar refractivity (Wildman–Crippen MR) is 165 cm³/mol. The summed E-state index contributed by atoms with van der Waals surface area (Å²) >= 11 is 1.25. The van der Waals surface area contributed by atoms with Crippen LogP contribution in [0.5, 0.6) is 0 Å². The fraction of sp³-hybridized carbons (Fsp3) is 0.533. The first kappa shape index (κ1) is 33.4. The lowest BCUT2D eigenvalue weighted by Crippen LogP contribution is -2.42. The van der Waals surface area contributed by atoms with Crippen LogP contribution in [0, 0.1) is 5.92 Å². The van der Waals surface area contributed by atoms with Crippen molar-refractivity contribution < 1.29 is 37.1 Å². The molecule has 2 aromatic rings. The number of esters is 1. The van der Waals surface area contributed by atoms with Gasteiger partial charge in [0.2, 0.25) is 10.0 Å². The van der Waals surface area contributed by atoms with E-state index in [0.717, 1.165) is 10.4 Å². The van der Waals surface area contributed by atoms with Crippen molar-refractivity contribution in [2.75, 3.05) is 51.3 Å². The Morgan fingerprint density at radius 1 is 1.00 bits per heavy atom. The summed E-state index contributed by atoms with van der Waals surface area (Å²) in [5.74, 6) is -1.61. The lowest BCUT2D eigenvalue weighted by atomic mass is 10.0. The van der Waals surface area contributed by atoms with Crippen LogP contribution in [0.15, 0.2) is 29.2 Å². The number of carbonyl (C=O) groups is 4. The van der Waals surface area contributed by atoms with Crippen molar-refractivity contribution in [2.45, 2.75) is 58.4 Å². The third-order valence-electron chi connectivity index (χ3n) is 7.83. The van der Waals surface area contributed by atoms with Crippen molar-refractivity contribution in [1.29, 1.82) is 0 Å². The van der Waals surface area contributed by atoms with E-state index in [2.05, 4.69) is 5.32 Å². The van der Waals surface area contributed by atoms with E-state index < -0.39 is 33.9 Å². The molecule has 2 aliphatic heterocycles. The van der Waals surface area contributed by atoms with Gasteiger partial charge in [-0.1, -0.05) is 0 Å². The Morgan fingerprint density at radius 2 is 1.68 bits per heavy atom. The highest BCUT2D eigenvalue weighted by molar-refractivity contribution is 7.89. The molecule has 44 heavy (non-hydrogen) atoms. The van der Waals surface area contributed by atoms with Gasteiger partial charge < -0.3 is 24.6 Å². The molecule has 1 unspecified atom stereocenters. The summed E-state index contributed by atoms with van der Waals surface area (Å²) < 4.78 is 38.2. The molecule has 1 saturated heterocycles. The summed E-state index contributed by atoms with van der Waals surface area (Å²) in [6.07, 6.45) is 1.13. The van der Waals surface area contributed by atoms with Gasteiger partial charge in [-0.2, -0.15) is 4.31 Å². The second-order valence-corrected chi connectivity index (χ2v) is 13.5. The van der Waals surface area contributed by atoms with Crippen molar-refractivity contribution in [3.05, 3.63) is 45.8 Å². The van der Waals surface area contributed by atoms with Crippen LogP contribution in [0.2, 0.25) is 0 Å². The molecule has 0 aliphatic carbocycles. The Balaban J connectivity index is 1.55. The van der Waals surface area contributed by atoms with Crippen LogP contribution in [0.4, 0.5) is 9.80 Å². The van der Waals surface area contributed by atoms with Gasteiger partial charge in [0.1, 0.15) is 5.00 Å². The minimum Gasteiger partial charge on any atom is -0.466 e. The zero-order valence-electron chi connectivity index (χ0n) is 25.6. The average Bonchev–Trinajstić information content (AvgIpc) is 3.38. The second kappa shape index (κ2) is 14.5. The Labute approximate surface area is 262 Å². The molecule has 3 heterocycles. The molecule has 14 heteroatoms. The molecular weight excluding hydrogens is 608 g/mol. The first-order valence-corrected chi connectivity index (χ1v) is 17.2. The number of fused-ring (bicyclic) bond motifs is 1. The summed E-state index contributed by atoms with van der Waals surface area (Å²) in [5, 5.41) is 3.26. The number of rotatable bonds is 10. The van der Waals surface area contributed by atoms with E-state index in [1.54, 1.807) is 23.6 Å². The van der Waals surface area contributed by atoms with Crippen LogP contribution in [0.3, 0.4) is 0 Å². The fourth-order valence-corrected chi connectivity index (χ4v) is 8.25. The van der Waals surface area contributed by atoms with Gasteiger partial charge in [0.15, 0.2) is 0 Å². The van der Waals surface area contributed by atoms with Crippen molar-refractivity contribution in [1.82, 2.24) is 14.1 Å². The molecule has 4 rings (SSSR count). The van der Waals surface area contributed by atoms with Crippen LogP contribution in [0.1, 0.15) is 71.7 Å². The summed E-state index contributed by atoms with van der Waals surface area (Å²) in [5.41, 5.74) is 1.45. The number of amides is 3. The molecule has 1 aromatic heterocycles. The third kappa shape index (κ3) is 7.08. The van der Waals surface area contributed by atoms with Gasteiger partial charge in [0, 0.05) is 43.2 Å².